The molecule has 3 saturated carbocycles. The van der Waals surface area contributed by atoms with E-state index in [1.807, 2.05) is 0 Å². The molecule has 0 aromatic rings. The van der Waals surface area contributed by atoms with Gasteiger partial charge in [-0.05, 0) is 68.6 Å². The van der Waals surface area contributed by atoms with E-state index in [1.54, 1.807) is 0 Å². The lowest BCUT2D eigenvalue weighted by Gasteiger charge is -2.42. The Morgan fingerprint density at radius 1 is 0.870 bits per heavy atom. The van der Waals surface area contributed by atoms with Gasteiger partial charge < -0.3 is 9.84 Å². The van der Waals surface area contributed by atoms with Gasteiger partial charge in [-0.25, -0.2) is 0 Å². The Kier molecular flexibility index (Phi) is 4.75. The molecule has 1 heterocycles. The van der Waals surface area contributed by atoms with Crippen LogP contribution in [0.3, 0.4) is 0 Å². The van der Waals surface area contributed by atoms with E-state index in [1.165, 1.54) is 70.6 Å². The molecule has 2 heteroatoms. The fourth-order valence-electron chi connectivity index (χ4n) is 6.95. The van der Waals surface area contributed by atoms with Gasteiger partial charge in [0.15, 0.2) is 0 Å². The van der Waals surface area contributed by atoms with Gasteiger partial charge in [-0.3, -0.25) is 0 Å². The maximum atomic E-state index is 10.3. The smallest absolute Gasteiger partial charge is 0.0749 e. The second-order valence-corrected chi connectivity index (χ2v) is 9.03. The molecule has 132 valence electrons. The third-order valence-corrected chi connectivity index (χ3v) is 7.84. The van der Waals surface area contributed by atoms with Crippen molar-refractivity contribution in [2.24, 2.45) is 23.7 Å². The van der Waals surface area contributed by atoms with Crippen LogP contribution in [0.15, 0.2) is 0 Å². The molecule has 23 heavy (non-hydrogen) atoms. The first kappa shape index (κ1) is 16.4. The van der Waals surface area contributed by atoms with Crippen molar-refractivity contribution in [3.05, 3.63) is 0 Å². The van der Waals surface area contributed by atoms with Gasteiger partial charge in [0, 0.05) is 0 Å². The second kappa shape index (κ2) is 6.67. The molecule has 4 rings (SSSR count). The first-order chi connectivity index (χ1) is 11.2. The zero-order chi connectivity index (χ0) is 15.9. The number of fused-ring (bicyclic) bond motifs is 4. The number of hydrogen-bond acceptors (Lipinski definition) is 2. The van der Waals surface area contributed by atoms with Crippen LogP contribution >= 0.6 is 0 Å². The molecule has 0 spiro atoms. The van der Waals surface area contributed by atoms with Crippen LogP contribution in [0.4, 0.5) is 0 Å². The minimum atomic E-state index is -0.0563. The molecule has 3 aliphatic carbocycles. The number of unbranched alkanes of at least 4 members (excludes halogenated alkanes) is 5. The Morgan fingerprint density at radius 3 is 2.39 bits per heavy atom. The molecule has 0 amide bonds. The van der Waals surface area contributed by atoms with Gasteiger partial charge in [-0.2, -0.15) is 0 Å². The fraction of sp³-hybridized carbons (Fsp3) is 1.00. The van der Waals surface area contributed by atoms with E-state index in [2.05, 4.69) is 6.92 Å². The van der Waals surface area contributed by atoms with Crippen LogP contribution in [0.5, 0.6) is 0 Å². The zero-order valence-electron chi connectivity index (χ0n) is 15.0. The van der Waals surface area contributed by atoms with E-state index < -0.39 is 0 Å². The predicted octanol–water partition coefficient (Wildman–Crippen LogP) is 5.08. The van der Waals surface area contributed by atoms with Crippen LogP contribution in [0.2, 0.25) is 0 Å². The monoisotopic (exact) mass is 320 g/mol. The van der Waals surface area contributed by atoms with Crippen molar-refractivity contribution in [3.8, 4) is 0 Å². The molecular formula is C21H36O2. The van der Waals surface area contributed by atoms with Crippen LogP contribution in [0.25, 0.3) is 0 Å². The largest absolute Gasteiger partial charge is 0.393 e. The molecular weight excluding hydrogens is 284 g/mol. The Morgan fingerprint density at radius 2 is 1.57 bits per heavy atom. The van der Waals surface area contributed by atoms with Crippen LogP contribution in [0.1, 0.15) is 90.4 Å². The lowest BCUT2D eigenvalue weighted by molar-refractivity contribution is -0.113. The summed E-state index contributed by atoms with van der Waals surface area (Å²) in [6.07, 6.45) is 17.4. The molecule has 0 aromatic heterocycles. The lowest BCUT2D eigenvalue weighted by atomic mass is 9.71. The number of ether oxygens (including phenoxy) is 1. The van der Waals surface area contributed by atoms with Crippen LogP contribution < -0.4 is 0 Å². The highest BCUT2D eigenvalue weighted by atomic mass is 16.5. The summed E-state index contributed by atoms with van der Waals surface area (Å²) < 4.78 is 6.80. The standard InChI is InChI=1S/C21H36O2/c1-2-3-4-5-6-7-12-21-19-13-15(22)8-10-17(19)18-11-9-16(23-21)14-20(18)21/h15-20,22H,2-14H2,1H3. The Bertz CT molecular complexity index is 409. The Labute approximate surface area is 142 Å². The van der Waals surface area contributed by atoms with Crippen molar-refractivity contribution >= 4 is 0 Å². The van der Waals surface area contributed by atoms with Gasteiger partial charge in [-0.15, -0.1) is 0 Å². The van der Waals surface area contributed by atoms with Crippen molar-refractivity contribution < 1.29 is 9.84 Å². The summed E-state index contributed by atoms with van der Waals surface area (Å²) in [6.45, 7) is 2.29. The maximum Gasteiger partial charge on any atom is 0.0749 e. The molecule has 7 atom stereocenters. The molecule has 0 aromatic carbocycles. The third-order valence-electron chi connectivity index (χ3n) is 7.84. The second-order valence-electron chi connectivity index (χ2n) is 9.03. The van der Waals surface area contributed by atoms with Crippen molar-refractivity contribution in [2.75, 3.05) is 0 Å². The normalized spacial score (nSPS) is 47.7. The number of aliphatic hydroxyl groups is 1. The van der Waals surface area contributed by atoms with Gasteiger partial charge in [-0.1, -0.05) is 45.4 Å². The van der Waals surface area contributed by atoms with Gasteiger partial charge in [0.25, 0.3) is 0 Å². The SMILES string of the molecule is CCCCCCCCC12OC3CCC(C4CCC(O)CC41)C2C3. The van der Waals surface area contributed by atoms with Gasteiger partial charge in [0.05, 0.1) is 17.8 Å². The van der Waals surface area contributed by atoms with Gasteiger partial charge in [0.2, 0.25) is 0 Å². The Hall–Kier alpha value is -0.0800. The molecule has 4 aliphatic rings. The van der Waals surface area contributed by atoms with Crippen LogP contribution in [-0.4, -0.2) is 22.9 Å². The topological polar surface area (TPSA) is 29.5 Å². The summed E-state index contributed by atoms with van der Waals surface area (Å²) in [5.41, 5.74) is 0.169. The predicted molar refractivity (Wildman–Crippen MR) is 93.3 cm³/mol. The van der Waals surface area contributed by atoms with Crippen LogP contribution in [0, 0.1) is 23.7 Å². The highest BCUT2D eigenvalue weighted by molar-refractivity contribution is 5.15. The van der Waals surface area contributed by atoms with Crippen molar-refractivity contribution in [3.63, 3.8) is 0 Å². The first-order valence-corrected chi connectivity index (χ1v) is 10.6. The van der Waals surface area contributed by atoms with Crippen LogP contribution in [-0.2, 0) is 4.74 Å². The van der Waals surface area contributed by atoms with E-state index in [9.17, 15) is 5.11 Å². The first-order valence-electron chi connectivity index (χ1n) is 10.6. The summed E-state index contributed by atoms with van der Waals surface area (Å²) in [6, 6.07) is 0. The molecule has 4 fully saturated rings. The third kappa shape index (κ3) is 2.78. The molecule has 0 radical (unpaired) electrons. The summed E-state index contributed by atoms with van der Waals surface area (Å²) in [5.74, 6) is 3.29. The van der Waals surface area contributed by atoms with E-state index in [0.717, 1.165) is 30.6 Å². The molecule has 2 bridgehead atoms. The van der Waals surface area contributed by atoms with E-state index in [-0.39, 0.29) is 11.7 Å². The van der Waals surface area contributed by atoms with Gasteiger partial charge >= 0.3 is 0 Å². The fourth-order valence-corrected chi connectivity index (χ4v) is 6.95. The average molecular weight is 321 g/mol. The average Bonchev–Trinajstić information content (AvgIpc) is 2.97. The summed E-state index contributed by atoms with van der Waals surface area (Å²) >= 11 is 0. The van der Waals surface area contributed by atoms with Crippen molar-refractivity contribution in [1.29, 1.82) is 0 Å². The lowest BCUT2D eigenvalue weighted by Crippen LogP contribution is -2.43. The van der Waals surface area contributed by atoms with Gasteiger partial charge in [0.1, 0.15) is 0 Å². The maximum absolute atomic E-state index is 10.3. The molecule has 1 saturated heterocycles. The minimum Gasteiger partial charge on any atom is -0.393 e. The summed E-state index contributed by atoms with van der Waals surface area (Å²) in [4.78, 5) is 0. The number of rotatable bonds is 7. The summed E-state index contributed by atoms with van der Waals surface area (Å²) in [7, 11) is 0. The number of hydrogen-bond donors (Lipinski definition) is 1. The molecule has 1 aliphatic heterocycles. The molecule has 7 unspecified atom stereocenters. The zero-order valence-corrected chi connectivity index (χ0v) is 15.0. The van der Waals surface area contributed by atoms with Crippen molar-refractivity contribution in [2.45, 2.75) is 108 Å². The highest BCUT2D eigenvalue weighted by Crippen LogP contribution is 2.66. The van der Waals surface area contributed by atoms with Crippen molar-refractivity contribution in [1.82, 2.24) is 0 Å². The molecule has 1 N–H and O–H groups in total. The van der Waals surface area contributed by atoms with E-state index in [0.29, 0.717) is 12.0 Å². The van der Waals surface area contributed by atoms with E-state index >= 15 is 0 Å². The minimum absolute atomic E-state index is 0.0563. The summed E-state index contributed by atoms with van der Waals surface area (Å²) in [5, 5.41) is 10.3. The van der Waals surface area contributed by atoms with E-state index in [4.69, 9.17) is 4.74 Å². The molecule has 2 nitrogen and oxygen atoms in total. The highest BCUT2D eigenvalue weighted by Gasteiger charge is 2.66. The number of aliphatic hydroxyl groups excluding tert-OH is 1. The Balaban J connectivity index is 1.43. The quantitative estimate of drug-likeness (QED) is 0.663.